The van der Waals surface area contributed by atoms with E-state index in [1.54, 1.807) is 0 Å². The Hall–Kier alpha value is -1.02. The molecule has 1 heterocycles. The molecule has 0 aromatic heterocycles. The highest BCUT2D eigenvalue weighted by Gasteiger charge is 2.19. The van der Waals surface area contributed by atoms with Crippen LogP contribution in [0.4, 0.5) is 0 Å². The number of hydrogen-bond acceptors (Lipinski definition) is 2. The second-order valence-corrected chi connectivity index (χ2v) is 4.85. The van der Waals surface area contributed by atoms with E-state index in [1.807, 2.05) is 0 Å². The van der Waals surface area contributed by atoms with Crippen LogP contribution in [-0.4, -0.2) is 19.8 Å². The maximum absolute atomic E-state index is 5.80. The zero-order valence-electron chi connectivity index (χ0n) is 9.58. The van der Waals surface area contributed by atoms with Gasteiger partial charge in [-0.1, -0.05) is 6.07 Å². The van der Waals surface area contributed by atoms with Gasteiger partial charge in [-0.25, -0.2) is 0 Å². The summed E-state index contributed by atoms with van der Waals surface area (Å²) in [5.74, 6) is 1.64. The predicted molar refractivity (Wildman–Crippen MR) is 62.9 cm³/mol. The van der Waals surface area contributed by atoms with E-state index < -0.39 is 0 Å². The normalized spacial score (nSPS) is 20.0. The number of aryl methyl sites for hydroxylation is 2. The van der Waals surface area contributed by atoms with Gasteiger partial charge in [0.1, 0.15) is 5.75 Å². The van der Waals surface area contributed by atoms with Gasteiger partial charge < -0.3 is 9.47 Å². The Morgan fingerprint density at radius 2 is 1.94 bits per heavy atom. The van der Waals surface area contributed by atoms with Crippen LogP contribution in [0.25, 0.3) is 0 Å². The zero-order valence-corrected chi connectivity index (χ0v) is 9.58. The SMILES string of the molecule is c1cc2c(cc1OCC1COC1)CCCC2. The molecular weight excluding hydrogens is 200 g/mol. The van der Waals surface area contributed by atoms with Gasteiger partial charge in [-0.2, -0.15) is 0 Å². The predicted octanol–water partition coefficient (Wildman–Crippen LogP) is 2.59. The first-order valence-corrected chi connectivity index (χ1v) is 6.24. The van der Waals surface area contributed by atoms with Gasteiger partial charge in [-0.15, -0.1) is 0 Å². The van der Waals surface area contributed by atoms with Crippen molar-refractivity contribution in [3.8, 4) is 5.75 Å². The summed E-state index contributed by atoms with van der Waals surface area (Å²) in [5, 5.41) is 0. The molecule has 1 aliphatic heterocycles. The molecule has 0 spiro atoms. The van der Waals surface area contributed by atoms with Crippen LogP contribution in [0.2, 0.25) is 0 Å². The first-order valence-electron chi connectivity index (χ1n) is 6.24. The Labute approximate surface area is 96.6 Å². The van der Waals surface area contributed by atoms with E-state index >= 15 is 0 Å². The number of ether oxygens (including phenoxy) is 2. The van der Waals surface area contributed by atoms with Crippen molar-refractivity contribution in [1.82, 2.24) is 0 Å². The molecule has 1 fully saturated rings. The average Bonchev–Trinajstić information content (AvgIpc) is 2.27. The smallest absolute Gasteiger partial charge is 0.119 e. The molecule has 86 valence electrons. The Balaban J connectivity index is 1.65. The third-order valence-corrected chi connectivity index (χ3v) is 3.51. The van der Waals surface area contributed by atoms with Crippen LogP contribution in [-0.2, 0) is 17.6 Å². The molecule has 2 heteroatoms. The maximum Gasteiger partial charge on any atom is 0.119 e. The summed E-state index contributed by atoms with van der Waals surface area (Å²) >= 11 is 0. The lowest BCUT2D eigenvalue weighted by Gasteiger charge is -2.26. The fourth-order valence-corrected chi connectivity index (χ4v) is 2.39. The van der Waals surface area contributed by atoms with E-state index in [9.17, 15) is 0 Å². The van der Waals surface area contributed by atoms with E-state index in [2.05, 4.69) is 18.2 Å². The number of hydrogen-bond donors (Lipinski definition) is 0. The molecule has 0 saturated carbocycles. The quantitative estimate of drug-likeness (QED) is 0.776. The Morgan fingerprint density at radius 3 is 2.69 bits per heavy atom. The van der Waals surface area contributed by atoms with Gasteiger partial charge in [0.2, 0.25) is 0 Å². The highest BCUT2D eigenvalue weighted by atomic mass is 16.5. The van der Waals surface area contributed by atoms with Crippen molar-refractivity contribution in [1.29, 1.82) is 0 Å². The summed E-state index contributed by atoms with van der Waals surface area (Å²) < 4.78 is 10.9. The topological polar surface area (TPSA) is 18.5 Å². The molecule has 3 rings (SSSR count). The van der Waals surface area contributed by atoms with E-state index in [0.29, 0.717) is 5.92 Å². The van der Waals surface area contributed by atoms with Crippen LogP contribution in [0.1, 0.15) is 24.0 Å². The molecule has 1 saturated heterocycles. The highest BCUT2D eigenvalue weighted by molar-refractivity contribution is 5.37. The Morgan fingerprint density at radius 1 is 1.12 bits per heavy atom. The van der Waals surface area contributed by atoms with Crippen molar-refractivity contribution in [2.75, 3.05) is 19.8 Å². The molecule has 16 heavy (non-hydrogen) atoms. The van der Waals surface area contributed by atoms with Gasteiger partial charge in [-0.3, -0.25) is 0 Å². The third-order valence-electron chi connectivity index (χ3n) is 3.51. The van der Waals surface area contributed by atoms with Crippen LogP contribution in [0.3, 0.4) is 0 Å². The van der Waals surface area contributed by atoms with Gasteiger partial charge in [0.25, 0.3) is 0 Å². The minimum atomic E-state index is 0.607. The van der Waals surface area contributed by atoms with Crippen LogP contribution < -0.4 is 4.74 Å². The second-order valence-electron chi connectivity index (χ2n) is 4.85. The fraction of sp³-hybridized carbons (Fsp3) is 0.571. The lowest BCUT2D eigenvalue weighted by molar-refractivity contribution is -0.0508. The fourth-order valence-electron chi connectivity index (χ4n) is 2.39. The van der Waals surface area contributed by atoms with Crippen molar-refractivity contribution < 1.29 is 9.47 Å². The standard InChI is InChI=1S/C14H18O2/c1-2-4-13-7-14(6-5-12(13)3-1)16-10-11-8-15-9-11/h5-7,11H,1-4,8-10H2. The Bertz CT molecular complexity index is 369. The number of rotatable bonds is 3. The van der Waals surface area contributed by atoms with Gasteiger partial charge in [0.05, 0.1) is 19.8 Å². The highest BCUT2D eigenvalue weighted by Crippen LogP contribution is 2.25. The molecule has 0 amide bonds. The molecule has 1 aromatic rings. The van der Waals surface area contributed by atoms with Crippen LogP contribution in [0.15, 0.2) is 18.2 Å². The van der Waals surface area contributed by atoms with Gasteiger partial charge in [-0.05, 0) is 48.9 Å². The third kappa shape index (κ3) is 2.07. The lowest BCUT2D eigenvalue weighted by Crippen LogP contribution is -2.32. The average molecular weight is 218 g/mol. The number of benzene rings is 1. The van der Waals surface area contributed by atoms with Crippen molar-refractivity contribution in [3.63, 3.8) is 0 Å². The molecule has 1 aromatic carbocycles. The van der Waals surface area contributed by atoms with Gasteiger partial charge >= 0.3 is 0 Å². The van der Waals surface area contributed by atoms with E-state index in [-0.39, 0.29) is 0 Å². The molecule has 0 N–H and O–H groups in total. The largest absolute Gasteiger partial charge is 0.493 e. The molecular formula is C14H18O2. The van der Waals surface area contributed by atoms with E-state index in [1.165, 1.54) is 36.8 Å². The monoisotopic (exact) mass is 218 g/mol. The van der Waals surface area contributed by atoms with Crippen molar-refractivity contribution in [2.24, 2.45) is 5.92 Å². The summed E-state index contributed by atoms with van der Waals surface area (Å²) in [6.07, 6.45) is 5.13. The van der Waals surface area contributed by atoms with Crippen molar-refractivity contribution in [2.45, 2.75) is 25.7 Å². The van der Waals surface area contributed by atoms with Crippen LogP contribution >= 0.6 is 0 Å². The second kappa shape index (κ2) is 4.46. The summed E-state index contributed by atoms with van der Waals surface area (Å²) in [6.45, 7) is 2.54. The molecule has 0 radical (unpaired) electrons. The summed E-state index contributed by atoms with van der Waals surface area (Å²) in [5.41, 5.74) is 3.01. The molecule has 2 aliphatic rings. The minimum absolute atomic E-state index is 0.607. The molecule has 0 bridgehead atoms. The summed E-state index contributed by atoms with van der Waals surface area (Å²) in [4.78, 5) is 0. The van der Waals surface area contributed by atoms with E-state index in [4.69, 9.17) is 9.47 Å². The number of fused-ring (bicyclic) bond motifs is 1. The molecule has 0 unspecified atom stereocenters. The summed E-state index contributed by atoms with van der Waals surface area (Å²) in [7, 11) is 0. The first-order chi connectivity index (χ1) is 7.92. The molecule has 0 atom stereocenters. The Kier molecular flexibility index (Phi) is 2.83. The van der Waals surface area contributed by atoms with Crippen LogP contribution in [0.5, 0.6) is 5.75 Å². The van der Waals surface area contributed by atoms with Gasteiger partial charge in [0, 0.05) is 5.92 Å². The lowest BCUT2D eigenvalue weighted by atomic mass is 9.92. The van der Waals surface area contributed by atoms with Crippen LogP contribution in [0, 0.1) is 5.92 Å². The molecule has 1 aliphatic carbocycles. The minimum Gasteiger partial charge on any atom is -0.493 e. The maximum atomic E-state index is 5.80. The first kappa shape index (κ1) is 10.2. The molecule has 2 nitrogen and oxygen atoms in total. The van der Waals surface area contributed by atoms with Crippen molar-refractivity contribution in [3.05, 3.63) is 29.3 Å². The van der Waals surface area contributed by atoms with Crippen molar-refractivity contribution >= 4 is 0 Å². The van der Waals surface area contributed by atoms with E-state index in [0.717, 1.165) is 25.6 Å². The zero-order chi connectivity index (χ0) is 10.8. The van der Waals surface area contributed by atoms with Gasteiger partial charge in [0.15, 0.2) is 0 Å². The summed E-state index contributed by atoms with van der Waals surface area (Å²) in [6, 6.07) is 6.58.